The minimum atomic E-state index is 0.205. The zero-order chi connectivity index (χ0) is 13.0. The van der Waals surface area contributed by atoms with E-state index in [-0.39, 0.29) is 6.61 Å². The number of aryl methyl sites for hydroxylation is 1. The van der Waals surface area contributed by atoms with E-state index in [1.165, 1.54) is 24.8 Å². The molecule has 0 aliphatic heterocycles. The van der Waals surface area contributed by atoms with Crippen LogP contribution >= 0.6 is 0 Å². The Labute approximate surface area is 109 Å². The molecule has 18 heavy (non-hydrogen) atoms. The molecule has 1 N–H and O–H groups in total. The second-order valence-corrected chi connectivity index (χ2v) is 4.99. The van der Waals surface area contributed by atoms with Gasteiger partial charge < -0.3 is 10.0 Å². The van der Waals surface area contributed by atoms with Gasteiger partial charge in [-0.25, -0.2) is 0 Å². The lowest BCUT2D eigenvalue weighted by Gasteiger charge is -2.39. The maximum atomic E-state index is 9.23. The fourth-order valence-corrected chi connectivity index (χ4v) is 2.41. The molecule has 1 aromatic carbocycles. The molecule has 96 valence electrons. The minimum absolute atomic E-state index is 0.205. The zero-order valence-electron chi connectivity index (χ0n) is 10.9. The van der Waals surface area contributed by atoms with E-state index in [1.807, 2.05) is 12.1 Å². The molecule has 0 amide bonds. The number of benzene rings is 1. The molecule has 3 nitrogen and oxygen atoms in total. The molecule has 0 bridgehead atoms. The van der Waals surface area contributed by atoms with E-state index in [0.29, 0.717) is 6.04 Å². The van der Waals surface area contributed by atoms with Crippen LogP contribution in [-0.4, -0.2) is 24.3 Å². The summed E-state index contributed by atoms with van der Waals surface area (Å²) < 4.78 is 0. The Bertz CT molecular complexity index is 446. The third kappa shape index (κ3) is 2.65. The second kappa shape index (κ2) is 5.88. The molecule has 2 rings (SSSR count). The minimum Gasteiger partial charge on any atom is -0.396 e. The lowest BCUT2D eigenvalue weighted by atomic mass is 9.90. The van der Waals surface area contributed by atoms with Crippen molar-refractivity contribution in [2.45, 2.75) is 38.6 Å². The Morgan fingerprint density at radius 3 is 2.78 bits per heavy atom. The van der Waals surface area contributed by atoms with Crippen LogP contribution in [0.15, 0.2) is 18.2 Å². The standard InChI is InChI=1S/C15H20N2O/c1-12-6-7-13(11-16)15(10-12)17(8-3-9-18)14-4-2-5-14/h6-7,10,14,18H,2-5,8-9H2,1H3. The van der Waals surface area contributed by atoms with Crippen LogP contribution < -0.4 is 4.90 Å². The zero-order valence-corrected chi connectivity index (χ0v) is 10.9. The summed E-state index contributed by atoms with van der Waals surface area (Å²) in [5, 5.41) is 18.3. The Balaban J connectivity index is 2.28. The van der Waals surface area contributed by atoms with Gasteiger partial charge in [-0.05, 0) is 50.3 Å². The second-order valence-electron chi connectivity index (χ2n) is 4.99. The highest BCUT2D eigenvalue weighted by molar-refractivity contribution is 5.61. The number of anilines is 1. The Kier molecular flexibility index (Phi) is 4.22. The van der Waals surface area contributed by atoms with Gasteiger partial charge in [0.05, 0.1) is 11.3 Å². The number of hydrogen-bond donors (Lipinski definition) is 1. The van der Waals surface area contributed by atoms with E-state index in [0.717, 1.165) is 24.2 Å². The summed E-state index contributed by atoms with van der Waals surface area (Å²) in [5.41, 5.74) is 2.96. The van der Waals surface area contributed by atoms with Gasteiger partial charge in [0.1, 0.15) is 6.07 Å². The van der Waals surface area contributed by atoms with Gasteiger partial charge in [0, 0.05) is 19.2 Å². The lowest BCUT2D eigenvalue weighted by Crippen LogP contribution is -2.41. The Morgan fingerprint density at radius 1 is 1.44 bits per heavy atom. The summed E-state index contributed by atoms with van der Waals surface area (Å²) in [6.45, 7) is 3.09. The number of aliphatic hydroxyl groups excluding tert-OH is 1. The predicted octanol–water partition coefficient (Wildman–Crippen LogP) is 2.61. The number of hydrogen-bond acceptors (Lipinski definition) is 3. The van der Waals surface area contributed by atoms with Crippen LogP contribution in [0.1, 0.15) is 36.8 Å². The van der Waals surface area contributed by atoms with E-state index in [4.69, 9.17) is 5.11 Å². The van der Waals surface area contributed by atoms with Gasteiger partial charge in [0.2, 0.25) is 0 Å². The van der Waals surface area contributed by atoms with E-state index in [2.05, 4.69) is 24.0 Å². The van der Waals surface area contributed by atoms with Crippen LogP contribution in [0.3, 0.4) is 0 Å². The fraction of sp³-hybridized carbons (Fsp3) is 0.533. The van der Waals surface area contributed by atoms with Gasteiger partial charge >= 0.3 is 0 Å². The first-order chi connectivity index (χ1) is 8.76. The van der Waals surface area contributed by atoms with Gasteiger partial charge in [0.25, 0.3) is 0 Å². The van der Waals surface area contributed by atoms with Crippen molar-refractivity contribution in [1.82, 2.24) is 0 Å². The molecule has 1 aromatic rings. The van der Waals surface area contributed by atoms with Crippen LogP contribution in [0.5, 0.6) is 0 Å². The molecule has 1 aliphatic carbocycles. The monoisotopic (exact) mass is 244 g/mol. The SMILES string of the molecule is Cc1ccc(C#N)c(N(CCCO)C2CCC2)c1. The maximum Gasteiger partial charge on any atom is 0.101 e. The van der Waals surface area contributed by atoms with Gasteiger partial charge in [-0.3, -0.25) is 0 Å². The molecule has 0 saturated heterocycles. The van der Waals surface area contributed by atoms with Crippen LogP contribution in [0, 0.1) is 18.3 Å². The van der Waals surface area contributed by atoms with E-state index in [1.54, 1.807) is 0 Å². The highest BCUT2D eigenvalue weighted by Gasteiger charge is 2.26. The quantitative estimate of drug-likeness (QED) is 0.866. The van der Waals surface area contributed by atoms with E-state index < -0.39 is 0 Å². The molecule has 0 aromatic heterocycles. The summed E-state index contributed by atoms with van der Waals surface area (Å²) >= 11 is 0. The maximum absolute atomic E-state index is 9.23. The molecule has 0 atom stereocenters. The Morgan fingerprint density at radius 2 is 2.22 bits per heavy atom. The molecule has 3 heteroatoms. The van der Waals surface area contributed by atoms with Crippen LogP contribution in [0.2, 0.25) is 0 Å². The molecule has 0 unspecified atom stereocenters. The van der Waals surface area contributed by atoms with E-state index in [9.17, 15) is 5.26 Å². The van der Waals surface area contributed by atoms with Crippen molar-refractivity contribution in [3.63, 3.8) is 0 Å². The van der Waals surface area contributed by atoms with Gasteiger partial charge in [0.15, 0.2) is 0 Å². The van der Waals surface area contributed by atoms with Crippen molar-refractivity contribution < 1.29 is 5.11 Å². The molecule has 1 saturated carbocycles. The highest BCUT2D eigenvalue weighted by Crippen LogP contribution is 2.32. The van der Waals surface area contributed by atoms with Gasteiger partial charge in [-0.2, -0.15) is 5.26 Å². The number of aliphatic hydroxyl groups is 1. The van der Waals surface area contributed by atoms with Crippen molar-refractivity contribution in [1.29, 1.82) is 5.26 Å². The first-order valence-corrected chi connectivity index (χ1v) is 6.64. The molecular weight excluding hydrogens is 224 g/mol. The van der Waals surface area contributed by atoms with Crippen molar-refractivity contribution in [3.8, 4) is 6.07 Å². The normalized spacial score (nSPS) is 14.9. The number of nitriles is 1. The number of nitrogens with zero attached hydrogens (tertiary/aromatic N) is 2. The van der Waals surface area contributed by atoms with E-state index >= 15 is 0 Å². The van der Waals surface area contributed by atoms with Crippen LogP contribution in [0.4, 0.5) is 5.69 Å². The summed E-state index contributed by atoms with van der Waals surface area (Å²) in [4.78, 5) is 2.31. The molecule has 1 aliphatic rings. The largest absolute Gasteiger partial charge is 0.396 e. The summed E-state index contributed by atoms with van der Waals surface area (Å²) in [5.74, 6) is 0. The number of rotatable bonds is 5. The highest BCUT2D eigenvalue weighted by atomic mass is 16.3. The van der Waals surface area contributed by atoms with Crippen LogP contribution in [0.25, 0.3) is 0 Å². The van der Waals surface area contributed by atoms with Crippen molar-refractivity contribution in [2.75, 3.05) is 18.1 Å². The third-order valence-corrected chi connectivity index (χ3v) is 3.66. The molecule has 0 spiro atoms. The molecular formula is C15H20N2O. The topological polar surface area (TPSA) is 47.3 Å². The first kappa shape index (κ1) is 12.9. The van der Waals surface area contributed by atoms with Crippen molar-refractivity contribution in [2.24, 2.45) is 0 Å². The molecule has 1 fully saturated rings. The summed E-state index contributed by atoms with van der Waals surface area (Å²) in [7, 11) is 0. The smallest absolute Gasteiger partial charge is 0.101 e. The first-order valence-electron chi connectivity index (χ1n) is 6.64. The average molecular weight is 244 g/mol. The molecule has 0 heterocycles. The summed E-state index contributed by atoms with van der Waals surface area (Å²) in [6, 6.07) is 8.79. The summed E-state index contributed by atoms with van der Waals surface area (Å²) in [6.07, 6.45) is 4.43. The third-order valence-electron chi connectivity index (χ3n) is 3.66. The van der Waals surface area contributed by atoms with Crippen molar-refractivity contribution >= 4 is 5.69 Å². The van der Waals surface area contributed by atoms with Crippen LogP contribution in [-0.2, 0) is 0 Å². The predicted molar refractivity (Wildman–Crippen MR) is 72.6 cm³/mol. The van der Waals surface area contributed by atoms with Gasteiger partial charge in [-0.1, -0.05) is 6.07 Å². The Hall–Kier alpha value is -1.53. The molecule has 0 radical (unpaired) electrons. The lowest BCUT2D eigenvalue weighted by molar-refractivity contribution is 0.283. The average Bonchev–Trinajstić information content (AvgIpc) is 2.32. The fourth-order valence-electron chi connectivity index (χ4n) is 2.41. The van der Waals surface area contributed by atoms with Gasteiger partial charge in [-0.15, -0.1) is 0 Å². The van der Waals surface area contributed by atoms with Crippen molar-refractivity contribution in [3.05, 3.63) is 29.3 Å².